The maximum Gasteiger partial charge on any atom is 0.133 e. The van der Waals surface area contributed by atoms with E-state index in [1.807, 2.05) is 31.2 Å². The summed E-state index contributed by atoms with van der Waals surface area (Å²) in [5.41, 5.74) is 3.10. The molecule has 17 heavy (non-hydrogen) atoms. The van der Waals surface area contributed by atoms with Crippen LogP contribution in [0, 0.1) is 0 Å². The first-order chi connectivity index (χ1) is 8.15. The SMILES string of the molecule is C=C/C=C\C(=C(/C)CC(C)=O)c1cccnc1. The molecule has 0 amide bonds. The van der Waals surface area contributed by atoms with Gasteiger partial charge in [0, 0.05) is 18.8 Å². The lowest BCUT2D eigenvalue weighted by Gasteiger charge is -2.07. The molecule has 0 saturated heterocycles. The van der Waals surface area contributed by atoms with Crippen molar-refractivity contribution in [2.75, 3.05) is 0 Å². The van der Waals surface area contributed by atoms with Gasteiger partial charge in [0.15, 0.2) is 0 Å². The highest BCUT2D eigenvalue weighted by Crippen LogP contribution is 2.21. The van der Waals surface area contributed by atoms with Crippen molar-refractivity contribution in [3.63, 3.8) is 0 Å². The van der Waals surface area contributed by atoms with Crippen LogP contribution in [-0.4, -0.2) is 10.8 Å². The number of Topliss-reactive ketones (excluding diaryl/α,β-unsaturated/α-hetero) is 1. The highest BCUT2D eigenvalue weighted by molar-refractivity contribution is 5.84. The van der Waals surface area contributed by atoms with Crippen molar-refractivity contribution in [3.05, 3.63) is 60.5 Å². The Morgan fingerprint density at radius 2 is 2.24 bits per heavy atom. The molecule has 1 aromatic heterocycles. The molecule has 88 valence electrons. The van der Waals surface area contributed by atoms with Gasteiger partial charge in [0.05, 0.1) is 0 Å². The fourth-order valence-corrected chi connectivity index (χ4v) is 1.64. The monoisotopic (exact) mass is 227 g/mol. The Morgan fingerprint density at radius 1 is 1.47 bits per heavy atom. The molecule has 1 aromatic rings. The molecule has 0 aliphatic heterocycles. The van der Waals surface area contributed by atoms with E-state index in [1.54, 1.807) is 25.4 Å². The molecule has 0 saturated carbocycles. The fourth-order valence-electron chi connectivity index (χ4n) is 1.64. The van der Waals surface area contributed by atoms with Gasteiger partial charge in [-0.1, -0.05) is 36.4 Å². The van der Waals surface area contributed by atoms with Crippen LogP contribution in [0.2, 0.25) is 0 Å². The van der Waals surface area contributed by atoms with Crippen LogP contribution >= 0.6 is 0 Å². The Bertz CT molecular complexity index is 455. The predicted octanol–water partition coefficient (Wildman–Crippen LogP) is 3.58. The molecule has 0 radical (unpaired) electrons. The highest BCUT2D eigenvalue weighted by atomic mass is 16.1. The zero-order chi connectivity index (χ0) is 12.7. The molecule has 0 N–H and O–H groups in total. The van der Waals surface area contributed by atoms with E-state index in [-0.39, 0.29) is 5.78 Å². The van der Waals surface area contributed by atoms with Crippen molar-refractivity contribution in [1.29, 1.82) is 0 Å². The van der Waals surface area contributed by atoms with E-state index >= 15 is 0 Å². The fraction of sp³-hybridized carbons (Fsp3) is 0.200. The Kier molecular flexibility index (Phi) is 5.08. The first-order valence-corrected chi connectivity index (χ1v) is 5.54. The number of pyridine rings is 1. The quantitative estimate of drug-likeness (QED) is 0.720. The van der Waals surface area contributed by atoms with E-state index in [2.05, 4.69) is 11.6 Å². The lowest BCUT2D eigenvalue weighted by molar-refractivity contribution is -0.116. The summed E-state index contributed by atoms with van der Waals surface area (Å²) in [6, 6.07) is 3.87. The van der Waals surface area contributed by atoms with Gasteiger partial charge in [-0.2, -0.15) is 0 Å². The van der Waals surface area contributed by atoms with Gasteiger partial charge in [-0.25, -0.2) is 0 Å². The highest BCUT2D eigenvalue weighted by Gasteiger charge is 2.04. The zero-order valence-corrected chi connectivity index (χ0v) is 10.3. The molecule has 1 rings (SSSR count). The molecule has 0 aliphatic rings. The van der Waals surface area contributed by atoms with Crippen LogP contribution in [0.15, 0.2) is 54.9 Å². The summed E-state index contributed by atoms with van der Waals surface area (Å²) in [5.74, 6) is 0.163. The van der Waals surface area contributed by atoms with Gasteiger partial charge in [-0.15, -0.1) is 0 Å². The Labute approximate surface area is 102 Å². The molecule has 0 unspecified atom stereocenters. The molecule has 0 spiro atoms. The van der Waals surface area contributed by atoms with E-state index in [4.69, 9.17) is 0 Å². The van der Waals surface area contributed by atoms with E-state index in [0.29, 0.717) is 6.42 Å². The molecule has 0 bridgehead atoms. The lowest BCUT2D eigenvalue weighted by atomic mass is 9.98. The largest absolute Gasteiger partial charge is 0.300 e. The second-order valence-corrected chi connectivity index (χ2v) is 3.91. The number of nitrogens with zero attached hydrogens (tertiary/aromatic N) is 1. The topological polar surface area (TPSA) is 30.0 Å². The van der Waals surface area contributed by atoms with Gasteiger partial charge in [-0.05, 0) is 31.1 Å². The summed E-state index contributed by atoms with van der Waals surface area (Å²) < 4.78 is 0. The Morgan fingerprint density at radius 3 is 2.76 bits per heavy atom. The first-order valence-electron chi connectivity index (χ1n) is 5.54. The predicted molar refractivity (Wildman–Crippen MR) is 71.5 cm³/mol. The van der Waals surface area contributed by atoms with E-state index in [0.717, 1.165) is 16.7 Å². The van der Waals surface area contributed by atoms with Crippen LogP contribution in [0.25, 0.3) is 5.57 Å². The van der Waals surface area contributed by atoms with Crippen LogP contribution < -0.4 is 0 Å². The van der Waals surface area contributed by atoms with Gasteiger partial charge in [-0.3, -0.25) is 9.78 Å². The minimum atomic E-state index is 0.163. The molecule has 0 aliphatic carbocycles. The second kappa shape index (κ2) is 6.59. The molecule has 2 heteroatoms. The minimum Gasteiger partial charge on any atom is -0.300 e. The molecular weight excluding hydrogens is 210 g/mol. The summed E-state index contributed by atoms with van der Waals surface area (Å²) in [6.07, 6.45) is 9.54. The number of rotatable bonds is 5. The average Bonchev–Trinajstić information content (AvgIpc) is 2.30. The summed E-state index contributed by atoms with van der Waals surface area (Å²) in [4.78, 5) is 15.3. The van der Waals surface area contributed by atoms with Gasteiger partial charge in [0.2, 0.25) is 0 Å². The maximum atomic E-state index is 11.2. The number of ketones is 1. The first kappa shape index (κ1) is 13.1. The van der Waals surface area contributed by atoms with Crippen molar-refractivity contribution >= 4 is 11.4 Å². The number of hydrogen-bond donors (Lipinski definition) is 0. The van der Waals surface area contributed by atoms with Crippen molar-refractivity contribution in [3.8, 4) is 0 Å². The standard InChI is InChI=1S/C15H17NO/c1-4-5-8-15(12(2)10-13(3)17)14-7-6-9-16-11-14/h4-9,11H,1,10H2,2-3H3/b8-5-,15-12-. The van der Waals surface area contributed by atoms with Crippen LogP contribution in [0.3, 0.4) is 0 Å². The number of allylic oxidation sites excluding steroid dienone is 5. The van der Waals surface area contributed by atoms with Gasteiger partial charge < -0.3 is 0 Å². The summed E-state index contributed by atoms with van der Waals surface area (Å²) in [5, 5.41) is 0. The summed E-state index contributed by atoms with van der Waals surface area (Å²) >= 11 is 0. The molecular formula is C15H17NO. The number of hydrogen-bond acceptors (Lipinski definition) is 2. The lowest BCUT2D eigenvalue weighted by Crippen LogP contribution is -1.94. The van der Waals surface area contributed by atoms with Crippen LogP contribution in [-0.2, 0) is 4.79 Å². The van der Waals surface area contributed by atoms with E-state index < -0.39 is 0 Å². The zero-order valence-electron chi connectivity index (χ0n) is 10.3. The minimum absolute atomic E-state index is 0.163. The average molecular weight is 227 g/mol. The molecule has 1 heterocycles. The smallest absolute Gasteiger partial charge is 0.133 e. The third-order valence-electron chi connectivity index (χ3n) is 2.35. The van der Waals surface area contributed by atoms with Crippen LogP contribution in [0.4, 0.5) is 0 Å². The van der Waals surface area contributed by atoms with Crippen molar-refractivity contribution < 1.29 is 4.79 Å². The Balaban J connectivity index is 3.16. The number of aromatic nitrogens is 1. The third-order valence-corrected chi connectivity index (χ3v) is 2.35. The molecule has 0 aromatic carbocycles. The number of carbonyl (C=O) groups is 1. The third kappa shape index (κ3) is 4.19. The summed E-state index contributed by atoms with van der Waals surface area (Å²) in [6.45, 7) is 7.22. The maximum absolute atomic E-state index is 11.2. The molecule has 0 fully saturated rings. The van der Waals surface area contributed by atoms with Crippen LogP contribution in [0.1, 0.15) is 25.8 Å². The summed E-state index contributed by atoms with van der Waals surface area (Å²) in [7, 11) is 0. The van der Waals surface area contributed by atoms with Gasteiger partial charge in [0.1, 0.15) is 5.78 Å². The van der Waals surface area contributed by atoms with Gasteiger partial charge in [0.25, 0.3) is 0 Å². The van der Waals surface area contributed by atoms with Crippen molar-refractivity contribution in [2.45, 2.75) is 20.3 Å². The van der Waals surface area contributed by atoms with Gasteiger partial charge >= 0.3 is 0 Å². The normalized spacial score (nSPS) is 12.4. The van der Waals surface area contributed by atoms with Crippen molar-refractivity contribution in [2.24, 2.45) is 0 Å². The Hall–Kier alpha value is -1.96. The van der Waals surface area contributed by atoms with E-state index in [9.17, 15) is 4.79 Å². The van der Waals surface area contributed by atoms with E-state index in [1.165, 1.54) is 0 Å². The molecule has 2 nitrogen and oxygen atoms in total. The van der Waals surface area contributed by atoms with Crippen molar-refractivity contribution in [1.82, 2.24) is 4.98 Å². The van der Waals surface area contributed by atoms with Crippen LogP contribution in [0.5, 0.6) is 0 Å². The second-order valence-electron chi connectivity index (χ2n) is 3.91. The molecule has 0 atom stereocenters. The number of carbonyl (C=O) groups excluding carboxylic acids is 1.